The molecule has 3 aliphatic rings. The van der Waals surface area contributed by atoms with E-state index in [1.54, 1.807) is 53.0 Å². The van der Waals surface area contributed by atoms with Gasteiger partial charge in [0.25, 0.3) is 5.91 Å². The van der Waals surface area contributed by atoms with E-state index in [0.29, 0.717) is 52.6 Å². The number of carbonyl (C=O) groups excluding carboxylic acids is 9. The molecule has 0 unspecified atom stereocenters. The zero-order chi connectivity index (χ0) is 65.5. The molecule has 3 heterocycles. The fraction of sp³-hybridized carbons (Fsp3) is 0.603. The van der Waals surface area contributed by atoms with Gasteiger partial charge in [0.2, 0.25) is 11.8 Å². The van der Waals surface area contributed by atoms with Crippen LogP contribution in [0.5, 0.6) is 0 Å². The molecule has 5 amide bonds. The summed E-state index contributed by atoms with van der Waals surface area (Å²) in [4.78, 5) is 123. The van der Waals surface area contributed by atoms with Gasteiger partial charge in [-0.15, -0.1) is 0 Å². The van der Waals surface area contributed by atoms with E-state index >= 15 is 4.39 Å². The lowest BCUT2D eigenvalue weighted by molar-refractivity contribution is -0.187. The lowest BCUT2D eigenvalue weighted by Crippen LogP contribution is -2.53. The first-order valence-electron chi connectivity index (χ1n) is 29.5. The Kier molecular flexibility index (Phi) is 27.7. The number of methoxy groups -OCH3 is 1. The van der Waals surface area contributed by atoms with Crippen LogP contribution in [0.4, 0.5) is 14.9 Å². The summed E-state index contributed by atoms with van der Waals surface area (Å²) in [6, 6.07) is 2.22. The Labute approximate surface area is 541 Å². The minimum Gasteiger partial charge on any atom is -0.465 e. The predicted octanol–water partition coefficient (Wildman–Crippen LogP) is 8.96. The number of ether oxygens (including phenoxy) is 5. The number of urea groups is 1. The fourth-order valence-electron chi connectivity index (χ4n) is 11.0. The van der Waals surface area contributed by atoms with Crippen molar-refractivity contribution in [2.75, 3.05) is 49.9 Å². The van der Waals surface area contributed by atoms with Crippen LogP contribution in [0.1, 0.15) is 133 Å². The number of Topliss-reactive ketones (excluding diaryl/α,β-unsaturated/α-hetero) is 2. The van der Waals surface area contributed by atoms with Crippen molar-refractivity contribution in [3.05, 3.63) is 86.2 Å². The first-order chi connectivity index (χ1) is 41.4. The van der Waals surface area contributed by atoms with Gasteiger partial charge in [0.15, 0.2) is 5.78 Å². The molecule has 0 spiro atoms. The molecule has 0 radical (unpaired) electrons. The number of aryl methyl sites for hydroxylation is 1. The van der Waals surface area contributed by atoms with Gasteiger partial charge in [0.1, 0.15) is 47.2 Å². The maximum absolute atomic E-state index is 16.3. The van der Waals surface area contributed by atoms with Gasteiger partial charge >= 0.3 is 23.9 Å². The molecule has 2 aromatic carbocycles. The van der Waals surface area contributed by atoms with Gasteiger partial charge in [-0.3, -0.25) is 33.6 Å². The Bertz CT molecular complexity index is 2970. The molecular formula is C63H84Br2Cl2FN5O15. The van der Waals surface area contributed by atoms with Gasteiger partial charge in [-0.05, 0) is 107 Å². The van der Waals surface area contributed by atoms with Gasteiger partial charge in [-0.1, -0.05) is 106 Å². The summed E-state index contributed by atoms with van der Waals surface area (Å²) in [6.45, 7) is 12.3. The largest absolute Gasteiger partial charge is 0.465 e. The summed E-state index contributed by atoms with van der Waals surface area (Å²) < 4.78 is 45.7. The number of benzene rings is 2. The number of epoxide rings is 1. The van der Waals surface area contributed by atoms with Crippen LogP contribution in [0.15, 0.2) is 48.1 Å². The number of ketones is 2. The molecule has 0 aromatic heterocycles. The molecule has 0 saturated carbocycles. The minimum absolute atomic E-state index is 0.00515. The van der Waals surface area contributed by atoms with Gasteiger partial charge in [0.05, 0.1) is 58.8 Å². The van der Waals surface area contributed by atoms with Crippen molar-refractivity contribution in [1.29, 1.82) is 0 Å². The number of halogens is 5. The Morgan fingerprint density at radius 2 is 1.69 bits per heavy atom. The normalized spacial score (nSPS) is 24.2. The second-order valence-electron chi connectivity index (χ2n) is 23.9. The highest BCUT2D eigenvalue weighted by atomic mass is 79.9. The molecule has 20 nitrogen and oxygen atoms in total. The van der Waals surface area contributed by atoms with Crippen molar-refractivity contribution < 1.29 is 76.3 Å². The lowest BCUT2D eigenvalue weighted by Gasteiger charge is -2.41. The van der Waals surface area contributed by atoms with Crippen LogP contribution in [0.2, 0.25) is 10.0 Å². The van der Waals surface area contributed by atoms with Crippen LogP contribution in [-0.2, 0) is 70.1 Å². The molecule has 0 aliphatic carbocycles. The maximum Gasteiger partial charge on any atom is 0.328 e. The Balaban J connectivity index is 1.33. The smallest absolute Gasteiger partial charge is 0.328 e. The van der Waals surface area contributed by atoms with Gasteiger partial charge in [-0.25, -0.2) is 14.0 Å². The Morgan fingerprint density at radius 3 is 2.34 bits per heavy atom. The van der Waals surface area contributed by atoms with Crippen LogP contribution in [0.3, 0.4) is 0 Å². The Hall–Kier alpha value is -5.30. The molecule has 2 saturated heterocycles. The summed E-state index contributed by atoms with van der Waals surface area (Å²) in [6.07, 6.45) is 2.32. The summed E-state index contributed by atoms with van der Waals surface area (Å²) in [5, 5.41) is 18.2. The van der Waals surface area contributed by atoms with E-state index in [2.05, 4.69) is 42.5 Å². The van der Waals surface area contributed by atoms with Crippen molar-refractivity contribution in [2.45, 2.75) is 173 Å². The zero-order valence-corrected chi connectivity index (χ0v) is 56.3. The van der Waals surface area contributed by atoms with Gasteiger partial charge < -0.3 is 55.0 Å². The van der Waals surface area contributed by atoms with Gasteiger partial charge in [0, 0.05) is 75.9 Å². The maximum atomic E-state index is 16.3. The highest BCUT2D eigenvalue weighted by Gasteiger charge is 2.64. The number of nitrogens with two attached hydrogens (primary N) is 1. The number of carbonyl (C=O) groups is 9. The second kappa shape index (κ2) is 33.1. The van der Waals surface area contributed by atoms with Crippen molar-refractivity contribution in [3.63, 3.8) is 0 Å². The molecule has 5 N–H and O–H groups in total. The number of alkyl halides is 2. The molecule has 3 aliphatic heterocycles. The number of hydrogen-bond acceptors (Lipinski definition) is 15. The summed E-state index contributed by atoms with van der Waals surface area (Å²) >= 11 is 20.1. The zero-order valence-electron chi connectivity index (χ0n) is 51.7. The number of fused-ring (bicyclic) bond motifs is 5. The number of nitrogens with zero attached hydrogens (tertiary/aromatic N) is 2. The molecule has 2 fully saturated rings. The number of rotatable bonds is 26. The van der Waals surface area contributed by atoms with Crippen molar-refractivity contribution in [1.82, 2.24) is 15.5 Å². The molecular weight excluding hydrogens is 1320 g/mol. The number of likely N-dealkylation sites (N-methyl/N-ethyl adjacent to an activating group) is 1. The molecule has 88 heavy (non-hydrogen) atoms. The third-order valence-electron chi connectivity index (χ3n) is 16.7. The standard InChI is InChI=1S/C63H84Br2Cl2FN5O15/c1-34(2)43(27-42(74)17-12-11-13-21-85-60(81)41(32-64)33-65)57(78)71-47(18-15-20-70-61(69)82)49(75)26-40-25-45(66)44(28-46(40)68)58(79)72(8)38(6)59(80)87-52-29-53(76)73(9)48-24-39(23-36(4)55(48)67)22-35(3)16-14-19-51(84-10)63(83)30-50(86-54(77)31-63)37(5)56-62(52,7)88-56/h14,16,19,23-25,28,34,37-38,41,43,47,50-52,56,83H,11-13,15,17-18,20-22,26-27,29-33H2,1-10H3,(H,71,78)(H3,69,70,82)/b19-14+,35-16+/t37-,38+,43+,47+,50+,51-,52+,56+,62+,63-/m1/s1. The van der Waals surface area contributed by atoms with Crippen LogP contribution in [0, 0.1) is 36.4 Å². The third kappa shape index (κ3) is 19.6. The average Bonchev–Trinajstić information content (AvgIpc) is 1.65. The number of amides is 5. The van der Waals surface area contributed by atoms with Crippen LogP contribution < -0.4 is 21.3 Å². The summed E-state index contributed by atoms with van der Waals surface area (Å²) in [7, 11) is 4.25. The molecule has 2 aromatic rings. The van der Waals surface area contributed by atoms with Crippen LogP contribution in [0.25, 0.3) is 0 Å². The fourth-order valence-corrected chi connectivity index (χ4v) is 13.1. The number of esters is 3. The number of allylic oxidation sites excluding steroid dienone is 3. The Morgan fingerprint density at radius 1 is 1.00 bits per heavy atom. The molecule has 486 valence electrons. The molecule has 10 atom stereocenters. The van der Waals surface area contributed by atoms with Crippen LogP contribution in [-0.4, -0.2) is 156 Å². The molecule has 4 bridgehead atoms. The minimum atomic E-state index is -1.68. The monoisotopic (exact) mass is 1400 g/mol. The topological polar surface area (TPSA) is 280 Å². The highest BCUT2D eigenvalue weighted by molar-refractivity contribution is 9.09. The number of anilines is 1. The van der Waals surface area contributed by atoms with Crippen LogP contribution >= 0.6 is 55.1 Å². The van der Waals surface area contributed by atoms with E-state index in [1.807, 2.05) is 26.0 Å². The summed E-state index contributed by atoms with van der Waals surface area (Å²) in [5.41, 5.74) is 4.46. The van der Waals surface area contributed by atoms with Gasteiger partial charge in [-0.2, -0.15) is 0 Å². The van der Waals surface area contributed by atoms with E-state index < -0.39 is 120 Å². The van der Waals surface area contributed by atoms with E-state index in [4.69, 9.17) is 52.6 Å². The average molecular weight is 1400 g/mol. The van der Waals surface area contributed by atoms with Crippen molar-refractivity contribution >= 4 is 114 Å². The third-order valence-corrected chi connectivity index (χ3v) is 19.1. The first kappa shape index (κ1) is 73.4. The van der Waals surface area contributed by atoms with E-state index in [-0.39, 0.29) is 91.4 Å². The van der Waals surface area contributed by atoms with E-state index in [0.717, 1.165) is 28.2 Å². The number of nitrogens with one attached hydrogen (secondary N) is 2. The van der Waals surface area contributed by atoms with E-state index in [1.165, 1.54) is 26.0 Å². The first-order valence-corrected chi connectivity index (χ1v) is 32.5. The number of aliphatic hydroxyl groups is 1. The van der Waals surface area contributed by atoms with Crippen molar-refractivity contribution in [2.24, 2.45) is 29.4 Å². The highest BCUT2D eigenvalue weighted by Crippen LogP contribution is 2.50. The quantitative estimate of drug-likeness (QED) is 0.0225. The number of hydrogen-bond donors (Lipinski definition) is 4. The van der Waals surface area contributed by atoms with Crippen molar-refractivity contribution in [3.8, 4) is 0 Å². The summed E-state index contributed by atoms with van der Waals surface area (Å²) in [5.74, 6) is -7.87. The molecule has 25 heteroatoms. The molecule has 5 rings (SSSR count). The predicted molar refractivity (Wildman–Crippen MR) is 337 cm³/mol. The lowest BCUT2D eigenvalue weighted by atomic mass is 9.78. The SMILES string of the molecule is CO[C@@H]1/C=C/C=C(\C)Cc2cc(C)c(Cl)c(c2)N(C)C(=O)C[C@H](OC(=O)[C@H](C)N(C)C(=O)c2cc(F)c(CC(=O)[C@H](CCCNC(N)=O)NC(=O)[C@@H](CC(=O)CCCCCOC(=O)C(CBr)CBr)C(C)C)cc2Cl)[C@]2(C)O[C@H]2[C@H](C)[C@@H]2C[C@@]1(O)CC(=O)O2. The second-order valence-corrected chi connectivity index (χ2v) is 26.0. The van der Waals surface area contributed by atoms with E-state index in [9.17, 15) is 48.3 Å². The number of primary amides is 1. The number of unbranched alkanes of at least 4 members (excludes halogenated alkanes) is 2.